The van der Waals surface area contributed by atoms with Crippen LogP contribution in [0.1, 0.15) is 15.9 Å². The van der Waals surface area contributed by atoms with Gasteiger partial charge in [0.25, 0.3) is 5.91 Å². The Morgan fingerprint density at radius 2 is 1.61 bits per heavy atom. The molecule has 4 nitrogen and oxygen atoms in total. The molecule has 0 saturated heterocycles. The van der Waals surface area contributed by atoms with Gasteiger partial charge in [-0.25, -0.2) is 0 Å². The summed E-state index contributed by atoms with van der Waals surface area (Å²) in [5.41, 5.74) is 1.52. The number of carbonyl (C=O) groups is 2. The van der Waals surface area contributed by atoms with E-state index in [0.717, 1.165) is 5.56 Å². The summed E-state index contributed by atoms with van der Waals surface area (Å²) in [5.74, 6) is -0.488. The smallest absolute Gasteiger partial charge is 0.251 e. The van der Waals surface area contributed by atoms with E-state index in [4.69, 9.17) is 0 Å². The third kappa shape index (κ3) is 5.11. The molecule has 0 aromatic heterocycles. The summed E-state index contributed by atoms with van der Waals surface area (Å²) in [7, 11) is 0. The summed E-state index contributed by atoms with van der Waals surface area (Å²) in [6.07, 6.45) is 2.04. The van der Waals surface area contributed by atoms with Crippen LogP contribution in [-0.4, -0.2) is 24.4 Å². The van der Waals surface area contributed by atoms with E-state index >= 15 is 0 Å². The molecule has 4 heteroatoms. The normalized spacial score (nSPS) is 11.3. The SMILES string of the molecule is C=CCNC(=O)C(Cc1ccccc1)NC(=O)c1ccccc1. The van der Waals surface area contributed by atoms with Gasteiger partial charge in [-0.15, -0.1) is 6.58 Å². The van der Waals surface area contributed by atoms with Crippen LogP contribution < -0.4 is 10.6 Å². The molecular formula is C19H20N2O2. The van der Waals surface area contributed by atoms with Gasteiger partial charge in [-0.05, 0) is 17.7 Å². The number of rotatable bonds is 7. The maximum absolute atomic E-state index is 12.3. The fourth-order valence-corrected chi connectivity index (χ4v) is 2.19. The molecule has 2 aromatic carbocycles. The van der Waals surface area contributed by atoms with Crippen molar-refractivity contribution in [1.29, 1.82) is 0 Å². The molecule has 23 heavy (non-hydrogen) atoms. The zero-order valence-electron chi connectivity index (χ0n) is 12.9. The van der Waals surface area contributed by atoms with E-state index in [1.165, 1.54) is 0 Å². The summed E-state index contributed by atoms with van der Waals surface area (Å²) in [6.45, 7) is 3.95. The molecule has 0 radical (unpaired) electrons. The third-order valence-corrected chi connectivity index (χ3v) is 3.36. The van der Waals surface area contributed by atoms with Gasteiger partial charge < -0.3 is 10.6 Å². The van der Waals surface area contributed by atoms with E-state index in [1.807, 2.05) is 36.4 Å². The van der Waals surface area contributed by atoms with Gasteiger partial charge in [0.05, 0.1) is 0 Å². The monoisotopic (exact) mass is 308 g/mol. The molecule has 0 aliphatic rings. The Morgan fingerprint density at radius 1 is 1.00 bits per heavy atom. The Balaban J connectivity index is 2.11. The lowest BCUT2D eigenvalue weighted by Gasteiger charge is -2.18. The van der Waals surface area contributed by atoms with Crippen LogP contribution in [0.2, 0.25) is 0 Å². The van der Waals surface area contributed by atoms with Crippen molar-refractivity contribution >= 4 is 11.8 Å². The summed E-state index contributed by atoms with van der Waals surface area (Å²) in [6, 6.07) is 17.8. The van der Waals surface area contributed by atoms with Crippen molar-refractivity contribution in [2.24, 2.45) is 0 Å². The first-order valence-electron chi connectivity index (χ1n) is 7.49. The first-order valence-corrected chi connectivity index (χ1v) is 7.49. The fourth-order valence-electron chi connectivity index (χ4n) is 2.19. The average Bonchev–Trinajstić information content (AvgIpc) is 2.60. The Bertz CT molecular complexity index is 654. The molecule has 0 aliphatic heterocycles. The first-order chi connectivity index (χ1) is 11.2. The van der Waals surface area contributed by atoms with Crippen molar-refractivity contribution in [3.05, 3.63) is 84.4 Å². The number of hydrogen-bond acceptors (Lipinski definition) is 2. The standard InChI is InChI=1S/C19H20N2O2/c1-2-13-20-19(23)17(14-15-9-5-3-6-10-15)21-18(22)16-11-7-4-8-12-16/h2-12,17H,1,13-14H2,(H,20,23)(H,21,22). The van der Waals surface area contributed by atoms with E-state index < -0.39 is 6.04 Å². The molecule has 2 aromatic rings. The van der Waals surface area contributed by atoms with Gasteiger partial charge in [0.15, 0.2) is 0 Å². The minimum atomic E-state index is -0.634. The highest BCUT2D eigenvalue weighted by Crippen LogP contribution is 2.05. The van der Waals surface area contributed by atoms with E-state index in [0.29, 0.717) is 18.5 Å². The Kier molecular flexibility index (Phi) is 6.12. The second-order valence-corrected chi connectivity index (χ2v) is 5.12. The summed E-state index contributed by atoms with van der Waals surface area (Å²) in [5, 5.41) is 5.54. The zero-order chi connectivity index (χ0) is 16.5. The highest BCUT2D eigenvalue weighted by molar-refractivity contribution is 5.97. The van der Waals surface area contributed by atoms with Crippen LogP contribution in [0.3, 0.4) is 0 Å². The van der Waals surface area contributed by atoms with Crippen LogP contribution >= 0.6 is 0 Å². The summed E-state index contributed by atoms with van der Waals surface area (Å²) in [4.78, 5) is 24.6. The van der Waals surface area contributed by atoms with Crippen LogP contribution in [0.4, 0.5) is 0 Å². The van der Waals surface area contributed by atoms with Gasteiger partial charge in [0.2, 0.25) is 5.91 Å². The minimum Gasteiger partial charge on any atom is -0.351 e. The van der Waals surface area contributed by atoms with E-state index in [2.05, 4.69) is 17.2 Å². The number of amides is 2. The van der Waals surface area contributed by atoms with Crippen molar-refractivity contribution in [3.8, 4) is 0 Å². The topological polar surface area (TPSA) is 58.2 Å². The summed E-state index contributed by atoms with van der Waals surface area (Å²) >= 11 is 0. The van der Waals surface area contributed by atoms with Crippen LogP contribution in [0.15, 0.2) is 73.3 Å². The van der Waals surface area contributed by atoms with Crippen LogP contribution in [0, 0.1) is 0 Å². The average molecular weight is 308 g/mol. The van der Waals surface area contributed by atoms with Crippen molar-refractivity contribution in [1.82, 2.24) is 10.6 Å². The number of nitrogens with one attached hydrogen (secondary N) is 2. The van der Waals surface area contributed by atoms with Gasteiger partial charge in [0, 0.05) is 18.5 Å². The molecule has 0 saturated carbocycles. The first kappa shape index (κ1) is 16.5. The van der Waals surface area contributed by atoms with Crippen LogP contribution in [-0.2, 0) is 11.2 Å². The molecule has 2 N–H and O–H groups in total. The van der Waals surface area contributed by atoms with Gasteiger partial charge in [-0.1, -0.05) is 54.6 Å². The lowest BCUT2D eigenvalue weighted by atomic mass is 10.0. The fraction of sp³-hybridized carbons (Fsp3) is 0.158. The number of hydrogen-bond donors (Lipinski definition) is 2. The van der Waals surface area contributed by atoms with Gasteiger partial charge in [-0.3, -0.25) is 9.59 Å². The van der Waals surface area contributed by atoms with Crippen LogP contribution in [0.25, 0.3) is 0 Å². The van der Waals surface area contributed by atoms with Gasteiger partial charge in [0.1, 0.15) is 6.04 Å². The molecule has 0 bridgehead atoms. The second kappa shape index (κ2) is 8.54. The lowest BCUT2D eigenvalue weighted by molar-refractivity contribution is -0.122. The van der Waals surface area contributed by atoms with Crippen molar-refractivity contribution in [2.75, 3.05) is 6.54 Å². The molecular weight excluding hydrogens is 288 g/mol. The third-order valence-electron chi connectivity index (χ3n) is 3.36. The molecule has 1 atom stereocenters. The molecule has 0 aliphatic carbocycles. The maximum atomic E-state index is 12.3. The number of benzene rings is 2. The largest absolute Gasteiger partial charge is 0.351 e. The van der Waals surface area contributed by atoms with Crippen molar-refractivity contribution in [3.63, 3.8) is 0 Å². The lowest BCUT2D eigenvalue weighted by Crippen LogP contribution is -2.48. The van der Waals surface area contributed by atoms with E-state index in [9.17, 15) is 9.59 Å². The highest BCUT2D eigenvalue weighted by Gasteiger charge is 2.21. The highest BCUT2D eigenvalue weighted by atomic mass is 16.2. The molecule has 0 spiro atoms. The number of carbonyl (C=O) groups excluding carboxylic acids is 2. The van der Waals surface area contributed by atoms with Gasteiger partial charge >= 0.3 is 0 Å². The Hall–Kier alpha value is -2.88. The van der Waals surface area contributed by atoms with E-state index in [-0.39, 0.29) is 11.8 Å². The van der Waals surface area contributed by atoms with Gasteiger partial charge in [-0.2, -0.15) is 0 Å². The van der Waals surface area contributed by atoms with Crippen LogP contribution in [0.5, 0.6) is 0 Å². The molecule has 0 heterocycles. The van der Waals surface area contributed by atoms with Crippen molar-refractivity contribution < 1.29 is 9.59 Å². The quantitative estimate of drug-likeness (QED) is 0.771. The maximum Gasteiger partial charge on any atom is 0.251 e. The Morgan fingerprint density at radius 3 is 2.22 bits per heavy atom. The van der Waals surface area contributed by atoms with Crippen molar-refractivity contribution in [2.45, 2.75) is 12.5 Å². The molecule has 2 amide bonds. The molecule has 1 unspecified atom stereocenters. The predicted octanol–water partition coefficient (Wildman–Crippen LogP) is 2.33. The molecule has 0 fully saturated rings. The minimum absolute atomic E-state index is 0.224. The van der Waals surface area contributed by atoms with E-state index in [1.54, 1.807) is 30.3 Å². The zero-order valence-corrected chi connectivity index (χ0v) is 12.9. The molecule has 118 valence electrons. The molecule has 2 rings (SSSR count). The summed E-state index contributed by atoms with van der Waals surface area (Å²) < 4.78 is 0. The Labute approximate surface area is 136 Å². The predicted molar refractivity (Wildman–Crippen MR) is 91.0 cm³/mol. The second-order valence-electron chi connectivity index (χ2n) is 5.12.